The standard InChI is InChI=1S/C19H31N5OS.HI/c1-2-25-16-14-15(19(16)6-4-3-5-7-19)22-17(20)23-9-11-24(12-10-23)18-21-8-13-26-18;/h8,13,15-16H,2-7,9-12,14H2,1H3,(H2,20,22);1H. The van der Waals surface area contributed by atoms with E-state index >= 15 is 0 Å². The quantitative estimate of drug-likeness (QED) is 0.387. The summed E-state index contributed by atoms with van der Waals surface area (Å²) >= 11 is 1.70. The number of hydrogen-bond acceptors (Lipinski definition) is 5. The number of piperazine rings is 1. The van der Waals surface area contributed by atoms with Crippen LogP contribution in [0, 0.1) is 5.41 Å². The van der Waals surface area contributed by atoms with Crippen LogP contribution in [0.5, 0.6) is 0 Å². The van der Waals surface area contributed by atoms with E-state index in [-0.39, 0.29) is 29.4 Å². The maximum absolute atomic E-state index is 6.44. The number of nitrogens with two attached hydrogens (primary N) is 1. The van der Waals surface area contributed by atoms with Crippen molar-refractivity contribution in [3.63, 3.8) is 0 Å². The molecule has 2 unspecified atom stereocenters. The van der Waals surface area contributed by atoms with E-state index in [1.165, 1.54) is 32.1 Å². The van der Waals surface area contributed by atoms with E-state index in [9.17, 15) is 0 Å². The lowest BCUT2D eigenvalue weighted by molar-refractivity contribution is -0.139. The molecule has 1 aliphatic heterocycles. The highest BCUT2D eigenvalue weighted by molar-refractivity contribution is 14.0. The average Bonchev–Trinajstić information content (AvgIpc) is 3.23. The zero-order valence-corrected chi connectivity index (χ0v) is 19.3. The molecule has 2 aliphatic carbocycles. The van der Waals surface area contributed by atoms with Gasteiger partial charge in [0.25, 0.3) is 0 Å². The molecule has 2 N–H and O–H groups in total. The largest absolute Gasteiger partial charge is 0.378 e. The Morgan fingerprint density at radius 3 is 2.67 bits per heavy atom. The number of thiazole rings is 1. The Kier molecular flexibility index (Phi) is 7.24. The Morgan fingerprint density at radius 1 is 1.30 bits per heavy atom. The Bertz CT molecular complexity index is 612. The topological polar surface area (TPSA) is 67.0 Å². The first kappa shape index (κ1) is 21.1. The molecular weight excluding hydrogens is 473 g/mol. The van der Waals surface area contributed by atoms with Crippen LogP contribution in [0.2, 0.25) is 0 Å². The summed E-state index contributed by atoms with van der Waals surface area (Å²) in [6.45, 7) is 6.66. The van der Waals surface area contributed by atoms with E-state index in [4.69, 9.17) is 15.5 Å². The molecular formula is C19H32IN5OS. The molecule has 2 saturated carbocycles. The minimum absolute atomic E-state index is 0. The van der Waals surface area contributed by atoms with Gasteiger partial charge < -0.3 is 20.3 Å². The van der Waals surface area contributed by atoms with Gasteiger partial charge in [0.05, 0.1) is 12.1 Å². The van der Waals surface area contributed by atoms with Crippen LogP contribution >= 0.6 is 35.3 Å². The molecule has 1 spiro atoms. The smallest absolute Gasteiger partial charge is 0.191 e. The van der Waals surface area contributed by atoms with E-state index in [2.05, 4.69) is 21.7 Å². The van der Waals surface area contributed by atoms with Crippen molar-refractivity contribution in [3.8, 4) is 0 Å². The maximum Gasteiger partial charge on any atom is 0.191 e. The van der Waals surface area contributed by atoms with Gasteiger partial charge in [0.2, 0.25) is 0 Å². The van der Waals surface area contributed by atoms with Gasteiger partial charge in [-0.2, -0.15) is 0 Å². The molecule has 3 fully saturated rings. The number of halogens is 1. The average molecular weight is 505 g/mol. The minimum Gasteiger partial charge on any atom is -0.378 e. The molecule has 152 valence electrons. The zero-order valence-electron chi connectivity index (χ0n) is 16.2. The number of rotatable bonds is 4. The number of hydrogen-bond donors (Lipinski definition) is 1. The van der Waals surface area contributed by atoms with Crippen LogP contribution in [0.25, 0.3) is 0 Å². The normalized spacial score (nSPS) is 28.0. The van der Waals surface area contributed by atoms with Crippen molar-refractivity contribution < 1.29 is 4.74 Å². The van der Waals surface area contributed by atoms with Crippen molar-refractivity contribution in [2.45, 2.75) is 57.6 Å². The Hall–Kier alpha value is -0.610. The molecule has 8 heteroatoms. The molecule has 0 amide bonds. The Morgan fingerprint density at radius 2 is 2.04 bits per heavy atom. The fourth-order valence-electron chi connectivity index (χ4n) is 4.95. The number of aromatic nitrogens is 1. The molecule has 6 nitrogen and oxygen atoms in total. The van der Waals surface area contributed by atoms with Crippen LogP contribution in [-0.2, 0) is 4.74 Å². The first-order chi connectivity index (χ1) is 12.7. The molecule has 3 aliphatic rings. The molecule has 4 rings (SSSR count). The monoisotopic (exact) mass is 505 g/mol. The molecule has 1 aromatic heterocycles. The summed E-state index contributed by atoms with van der Waals surface area (Å²) in [4.78, 5) is 14.0. The van der Waals surface area contributed by atoms with Crippen LogP contribution in [0.15, 0.2) is 16.6 Å². The molecule has 0 aromatic carbocycles. The van der Waals surface area contributed by atoms with Crippen molar-refractivity contribution in [2.75, 3.05) is 37.7 Å². The van der Waals surface area contributed by atoms with Crippen molar-refractivity contribution in [3.05, 3.63) is 11.6 Å². The van der Waals surface area contributed by atoms with Gasteiger partial charge in [-0.1, -0.05) is 19.3 Å². The van der Waals surface area contributed by atoms with E-state index < -0.39 is 0 Å². The lowest BCUT2D eigenvalue weighted by atomic mass is 9.55. The number of ether oxygens (including phenoxy) is 1. The molecule has 2 heterocycles. The summed E-state index contributed by atoms with van der Waals surface area (Å²) in [5.74, 6) is 0.730. The van der Waals surface area contributed by atoms with Crippen molar-refractivity contribution in [1.82, 2.24) is 9.88 Å². The summed E-state index contributed by atoms with van der Waals surface area (Å²) in [6.07, 6.45) is 9.75. The highest BCUT2D eigenvalue weighted by Crippen LogP contribution is 2.54. The SMILES string of the molecule is CCOC1CC(N=C(N)N2CCN(c3nccs3)CC2)C12CCCCC2.I. The highest BCUT2D eigenvalue weighted by Gasteiger charge is 2.56. The fourth-order valence-corrected chi connectivity index (χ4v) is 5.64. The van der Waals surface area contributed by atoms with Gasteiger partial charge >= 0.3 is 0 Å². The highest BCUT2D eigenvalue weighted by atomic mass is 127. The second-order valence-corrected chi connectivity index (χ2v) is 8.64. The van der Waals surface area contributed by atoms with Crippen molar-refractivity contribution >= 4 is 46.4 Å². The van der Waals surface area contributed by atoms with E-state index in [0.29, 0.717) is 12.1 Å². The van der Waals surface area contributed by atoms with Crippen LogP contribution < -0.4 is 10.6 Å². The first-order valence-electron chi connectivity index (χ1n) is 10.1. The second-order valence-electron chi connectivity index (χ2n) is 7.77. The van der Waals surface area contributed by atoms with E-state index in [0.717, 1.165) is 50.3 Å². The van der Waals surface area contributed by atoms with Gasteiger partial charge in [-0.15, -0.1) is 35.3 Å². The van der Waals surface area contributed by atoms with Gasteiger partial charge in [-0.25, -0.2) is 9.98 Å². The summed E-state index contributed by atoms with van der Waals surface area (Å²) in [5, 5.41) is 3.15. The first-order valence-corrected chi connectivity index (χ1v) is 10.9. The predicted molar refractivity (Wildman–Crippen MR) is 122 cm³/mol. The molecule has 0 radical (unpaired) electrons. The summed E-state index contributed by atoms with van der Waals surface area (Å²) in [7, 11) is 0. The molecule has 1 aromatic rings. The van der Waals surface area contributed by atoms with Crippen molar-refractivity contribution in [1.29, 1.82) is 0 Å². The van der Waals surface area contributed by atoms with Gasteiger partial charge in [0.15, 0.2) is 11.1 Å². The Balaban J connectivity index is 0.00000210. The second kappa shape index (κ2) is 9.26. The minimum atomic E-state index is 0. The fraction of sp³-hybridized carbons (Fsp3) is 0.789. The van der Waals surface area contributed by atoms with Gasteiger partial charge in [0, 0.05) is 49.8 Å². The molecule has 2 atom stereocenters. The Labute approximate surface area is 183 Å². The lowest BCUT2D eigenvalue weighted by Gasteiger charge is -2.56. The number of guanidine groups is 1. The van der Waals surface area contributed by atoms with Crippen molar-refractivity contribution in [2.24, 2.45) is 16.1 Å². The van der Waals surface area contributed by atoms with Gasteiger partial charge in [0.1, 0.15) is 0 Å². The summed E-state index contributed by atoms with van der Waals surface area (Å²) in [5.41, 5.74) is 6.69. The number of anilines is 1. The maximum atomic E-state index is 6.44. The lowest BCUT2D eigenvalue weighted by Crippen LogP contribution is -2.59. The van der Waals surface area contributed by atoms with Crippen LogP contribution in [0.3, 0.4) is 0 Å². The summed E-state index contributed by atoms with van der Waals surface area (Å²) in [6, 6.07) is 0.344. The van der Waals surface area contributed by atoms with Crippen LogP contribution in [-0.4, -0.2) is 60.8 Å². The molecule has 1 saturated heterocycles. The van der Waals surface area contributed by atoms with E-state index in [1.54, 1.807) is 11.3 Å². The van der Waals surface area contributed by atoms with Crippen LogP contribution in [0.4, 0.5) is 5.13 Å². The summed E-state index contributed by atoms with van der Waals surface area (Å²) < 4.78 is 6.05. The third-order valence-corrected chi connectivity index (χ3v) is 7.31. The number of nitrogens with zero attached hydrogens (tertiary/aromatic N) is 4. The van der Waals surface area contributed by atoms with Gasteiger partial charge in [-0.3, -0.25) is 0 Å². The molecule has 27 heavy (non-hydrogen) atoms. The third kappa shape index (κ3) is 4.22. The van der Waals surface area contributed by atoms with Crippen LogP contribution in [0.1, 0.15) is 45.4 Å². The van der Waals surface area contributed by atoms with Gasteiger partial charge in [-0.05, 0) is 26.2 Å². The van der Waals surface area contributed by atoms with E-state index in [1.807, 2.05) is 11.6 Å². The number of aliphatic imine (C=N–C) groups is 1. The zero-order chi connectivity index (χ0) is 18.0. The third-order valence-electron chi connectivity index (χ3n) is 6.48. The predicted octanol–water partition coefficient (Wildman–Crippen LogP) is 3.33. The molecule has 0 bridgehead atoms.